The number of nitrogens with one attached hydrogen (secondary N) is 2. The van der Waals surface area contributed by atoms with Crippen LogP contribution in [0.2, 0.25) is 0 Å². The minimum atomic E-state index is -0.920. The van der Waals surface area contributed by atoms with Gasteiger partial charge in [-0.25, -0.2) is 0 Å². The van der Waals surface area contributed by atoms with E-state index in [0.29, 0.717) is 13.0 Å². The van der Waals surface area contributed by atoms with E-state index in [2.05, 4.69) is 15.4 Å². The SMILES string of the molecule is Cn1cc([C@@H]2N(C(=O)c3ccc[nH]c3=O)CC[C@]23C(=O)Nc2ccccc23)cn1. The van der Waals surface area contributed by atoms with E-state index in [1.54, 1.807) is 28.9 Å². The summed E-state index contributed by atoms with van der Waals surface area (Å²) in [5.41, 5.74) is 1.09. The second-order valence-corrected chi connectivity index (χ2v) is 7.48. The van der Waals surface area contributed by atoms with Crippen molar-refractivity contribution in [1.82, 2.24) is 19.7 Å². The Hall–Kier alpha value is -3.68. The highest BCUT2D eigenvalue weighted by molar-refractivity contribution is 6.08. The summed E-state index contributed by atoms with van der Waals surface area (Å²) in [4.78, 5) is 43.1. The molecule has 1 saturated heterocycles. The van der Waals surface area contributed by atoms with Gasteiger partial charge in [-0.1, -0.05) is 18.2 Å². The molecule has 0 radical (unpaired) electrons. The molecule has 0 unspecified atom stereocenters. The number of likely N-dealkylation sites (tertiary alicyclic amines) is 1. The Morgan fingerprint density at radius 1 is 1.21 bits per heavy atom. The molecule has 1 fully saturated rings. The van der Waals surface area contributed by atoms with Crippen molar-refractivity contribution in [2.75, 3.05) is 11.9 Å². The molecule has 8 heteroatoms. The van der Waals surface area contributed by atoms with Gasteiger partial charge in [0.05, 0.1) is 12.2 Å². The molecule has 29 heavy (non-hydrogen) atoms. The average Bonchev–Trinajstić information content (AvgIpc) is 3.39. The van der Waals surface area contributed by atoms with Crippen molar-refractivity contribution >= 4 is 17.5 Å². The molecule has 2 atom stereocenters. The first-order valence-electron chi connectivity index (χ1n) is 9.40. The van der Waals surface area contributed by atoms with Gasteiger partial charge in [-0.2, -0.15) is 5.10 Å². The predicted octanol–water partition coefficient (Wildman–Crippen LogP) is 1.59. The van der Waals surface area contributed by atoms with Gasteiger partial charge in [-0.15, -0.1) is 0 Å². The summed E-state index contributed by atoms with van der Waals surface area (Å²) in [5.74, 6) is -0.528. The molecule has 146 valence electrons. The van der Waals surface area contributed by atoms with Crippen LogP contribution in [0.15, 0.2) is 59.8 Å². The number of aromatic amines is 1. The van der Waals surface area contributed by atoms with E-state index in [1.165, 1.54) is 12.3 Å². The van der Waals surface area contributed by atoms with E-state index < -0.39 is 22.9 Å². The maximum atomic E-state index is 13.4. The Labute approximate surface area is 166 Å². The van der Waals surface area contributed by atoms with Crippen LogP contribution in [0.5, 0.6) is 0 Å². The first-order chi connectivity index (χ1) is 14.0. The van der Waals surface area contributed by atoms with Crippen LogP contribution in [-0.2, 0) is 17.3 Å². The molecule has 1 spiro atoms. The van der Waals surface area contributed by atoms with Gasteiger partial charge in [0.25, 0.3) is 11.5 Å². The number of benzene rings is 1. The lowest BCUT2D eigenvalue weighted by Crippen LogP contribution is -2.43. The summed E-state index contributed by atoms with van der Waals surface area (Å²) < 4.78 is 1.65. The van der Waals surface area contributed by atoms with Gasteiger partial charge in [0, 0.05) is 37.2 Å². The molecular weight excluding hydrogens is 370 g/mol. The lowest BCUT2D eigenvalue weighted by atomic mass is 9.73. The molecular formula is C21H19N5O3. The van der Waals surface area contributed by atoms with E-state index in [0.717, 1.165) is 16.8 Å². The van der Waals surface area contributed by atoms with Crippen LogP contribution in [0.4, 0.5) is 5.69 Å². The third-order valence-electron chi connectivity index (χ3n) is 5.94. The second kappa shape index (κ2) is 6.16. The molecule has 2 N–H and O–H groups in total. The van der Waals surface area contributed by atoms with Gasteiger partial charge in [0.1, 0.15) is 11.0 Å². The molecule has 2 aliphatic rings. The number of hydrogen-bond acceptors (Lipinski definition) is 4. The van der Waals surface area contributed by atoms with Crippen LogP contribution in [0, 0.1) is 0 Å². The number of H-pyrrole nitrogens is 1. The third-order valence-corrected chi connectivity index (χ3v) is 5.94. The molecule has 8 nitrogen and oxygen atoms in total. The fourth-order valence-electron chi connectivity index (χ4n) is 4.69. The number of nitrogens with zero attached hydrogens (tertiary/aromatic N) is 3. The van der Waals surface area contributed by atoms with Crippen molar-refractivity contribution < 1.29 is 9.59 Å². The van der Waals surface area contributed by atoms with E-state index in [9.17, 15) is 14.4 Å². The molecule has 0 saturated carbocycles. The van der Waals surface area contributed by atoms with Gasteiger partial charge in [0.2, 0.25) is 5.91 Å². The van der Waals surface area contributed by atoms with Gasteiger partial charge >= 0.3 is 0 Å². The van der Waals surface area contributed by atoms with Crippen LogP contribution < -0.4 is 10.9 Å². The van der Waals surface area contributed by atoms with Crippen molar-refractivity contribution in [3.05, 3.63) is 82.0 Å². The summed E-state index contributed by atoms with van der Waals surface area (Å²) in [5, 5.41) is 7.24. The molecule has 0 bridgehead atoms. The Kier molecular flexibility index (Phi) is 3.70. The highest BCUT2D eigenvalue weighted by atomic mass is 16.2. The monoisotopic (exact) mass is 389 g/mol. The summed E-state index contributed by atoms with van der Waals surface area (Å²) in [6, 6.07) is 10.1. The largest absolute Gasteiger partial charge is 0.330 e. The maximum Gasteiger partial charge on any atom is 0.260 e. The number of hydrogen-bond donors (Lipinski definition) is 2. The number of anilines is 1. The number of aryl methyl sites for hydroxylation is 1. The van der Waals surface area contributed by atoms with E-state index >= 15 is 0 Å². The minimum absolute atomic E-state index is 0.0603. The average molecular weight is 389 g/mol. The Morgan fingerprint density at radius 3 is 2.79 bits per heavy atom. The van der Waals surface area contributed by atoms with Crippen LogP contribution in [0.1, 0.15) is 33.9 Å². The van der Waals surface area contributed by atoms with Gasteiger partial charge < -0.3 is 15.2 Å². The molecule has 4 heterocycles. The van der Waals surface area contributed by atoms with Crippen molar-refractivity contribution in [1.29, 1.82) is 0 Å². The molecule has 2 aliphatic heterocycles. The van der Waals surface area contributed by atoms with Crippen molar-refractivity contribution in [3.8, 4) is 0 Å². The number of carbonyl (C=O) groups excluding carboxylic acids is 2. The highest BCUT2D eigenvalue weighted by Crippen LogP contribution is 2.54. The minimum Gasteiger partial charge on any atom is -0.330 e. The molecule has 5 rings (SSSR count). The van der Waals surface area contributed by atoms with Gasteiger partial charge in [-0.05, 0) is 30.2 Å². The topological polar surface area (TPSA) is 100 Å². The van der Waals surface area contributed by atoms with E-state index in [4.69, 9.17) is 0 Å². The predicted molar refractivity (Wildman–Crippen MR) is 105 cm³/mol. The first kappa shape index (κ1) is 17.4. The van der Waals surface area contributed by atoms with Crippen molar-refractivity contribution in [2.24, 2.45) is 7.05 Å². The summed E-state index contributed by atoms with van der Waals surface area (Å²) in [6.07, 6.45) is 5.46. The number of aromatic nitrogens is 3. The lowest BCUT2D eigenvalue weighted by molar-refractivity contribution is -0.121. The van der Waals surface area contributed by atoms with Crippen LogP contribution >= 0.6 is 0 Å². The fourth-order valence-corrected chi connectivity index (χ4v) is 4.69. The number of rotatable bonds is 2. The molecule has 2 amide bonds. The van der Waals surface area contributed by atoms with Crippen LogP contribution in [-0.4, -0.2) is 38.0 Å². The number of pyridine rings is 1. The van der Waals surface area contributed by atoms with E-state index in [-0.39, 0.29) is 11.5 Å². The van der Waals surface area contributed by atoms with Crippen LogP contribution in [0.3, 0.4) is 0 Å². The van der Waals surface area contributed by atoms with E-state index in [1.807, 2.05) is 30.5 Å². The molecule has 3 aromatic rings. The molecule has 1 aromatic carbocycles. The smallest absolute Gasteiger partial charge is 0.260 e. The summed E-state index contributed by atoms with van der Waals surface area (Å²) in [6.45, 7) is 0.356. The number of fused-ring (bicyclic) bond motifs is 2. The third kappa shape index (κ3) is 2.38. The number of amides is 2. The lowest BCUT2D eigenvalue weighted by Gasteiger charge is -2.33. The maximum absolute atomic E-state index is 13.4. The quantitative estimate of drug-likeness (QED) is 0.695. The fraction of sp³-hybridized carbons (Fsp3) is 0.238. The zero-order valence-corrected chi connectivity index (χ0v) is 15.8. The van der Waals surface area contributed by atoms with Crippen molar-refractivity contribution in [2.45, 2.75) is 17.9 Å². The molecule has 2 aromatic heterocycles. The Balaban J connectivity index is 1.69. The van der Waals surface area contributed by atoms with Gasteiger partial charge in [0.15, 0.2) is 0 Å². The Bertz CT molecular complexity index is 1200. The number of para-hydroxylation sites is 1. The molecule has 0 aliphatic carbocycles. The standard InChI is InChI=1S/C21H19N5O3/c1-25-12-13(11-23-25)17-21(15-6-2-3-7-16(15)24-20(21)29)8-10-26(17)19(28)14-5-4-9-22-18(14)27/h2-7,9,11-12,17H,8,10H2,1H3,(H,22,27)(H,24,29)/t17-,21+/m0/s1. The van der Waals surface area contributed by atoms with Crippen LogP contribution in [0.25, 0.3) is 0 Å². The first-order valence-corrected chi connectivity index (χ1v) is 9.40. The van der Waals surface area contributed by atoms with Gasteiger partial charge in [-0.3, -0.25) is 19.1 Å². The summed E-state index contributed by atoms with van der Waals surface area (Å²) in [7, 11) is 1.79. The second-order valence-electron chi connectivity index (χ2n) is 7.48. The van der Waals surface area contributed by atoms with Crippen molar-refractivity contribution in [3.63, 3.8) is 0 Å². The highest BCUT2D eigenvalue weighted by Gasteiger charge is 2.59. The number of carbonyl (C=O) groups is 2. The Morgan fingerprint density at radius 2 is 2.03 bits per heavy atom. The zero-order valence-electron chi connectivity index (χ0n) is 15.8. The normalized spacial score (nSPS) is 22.7. The summed E-state index contributed by atoms with van der Waals surface area (Å²) >= 11 is 0. The zero-order chi connectivity index (χ0) is 20.2.